The molecule has 0 atom stereocenters. The van der Waals surface area contributed by atoms with Crippen LogP contribution >= 0.6 is 12.2 Å². The van der Waals surface area contributed by atoms with Crippen molar-refractivity contribution in [3.8, 4) is 5.75 Å². The third-order valence-corrected chi connectivity index (χ3v) is 5.57. The summed E-state index contributed by atoms with van der Waals surface area (Å²) in [6.45, 7) is 15.5. The number of likely N-dealkylation sites (N-methyl/N-ethyl adjacent to an activating group) is 2. The fourth-order valence-corrected chi connectivity index (χ4v) is 3.79. The topological polar surface area (TPSA) is 27.7 Å². The van der Waals surface area contributed by atoms with Crippen molar-refractivity contribution in [1.29, 1.82) is 0 Å². The number of allylic oxidation sites excluding steroid dienone is 3. The zero-order valence-corrected chi connectivity index (χ0v) is 19.5. The van der Waals surface area contributed by atoms with Crippen LogP contribution in [-0.4, -0.2) is 53.8 Å². The van der Waals surface area contributed by atoms with Gasteiger partial charge in [0.15, 0.2) is 0 Å². The molecule has 0 bridgehead atoms. The van der Waals surface area contributed by atoms with Crippen LogP contribution in [0.3, 0.4) is 0 Å². The quantitative estimate of drug-likeness (QED) is 0.430. The van der Waals surface area contributed by atoms with Crippen molar-refractivity contribution < 1.29 is 4.74 Å². The molecule has 1 fully saturated rings. The first-order valence-electron chi connectivity index (χ1n) is 10.7. The van der Waals surface area contributed by atoms with Crippen molar-refractivity contribution in [2.75, 3.05) is 32.8 Å². The van der Waals surface area contributed by atoms with Gasteiger partial charge in [-0.05, 0) is 64.0 Å². The normalized spacial score (nSPS) is 16.1. The zero-order chi connectivity index (χ0) is 21.2. The van der Waals surface area contributed by atoms with Gasteiger partial charge in [0.25, 0.3) is 0 Å². The molecule has 1 heterocycles. The van der Waals surface area contributed by atoms with Crippen LogP contribution in [0, 0.1) is 0 Å². The standard InChI is InChI=1S/C24H37N3OS/c1-6-26-17-22(18-27(26)7-2)25-24(29)21-11-13-23(14-12-21)28-16-15-20(5)10-8-9-19(3)4/h9,11-15,22H,6-8,10,16-18H2,1-5H3,(H,25,29). The lowest BCUT2D eigenvalue weighted by atomic mass is 10.1. The number of ether oxygens (including phenoxy) is 1. The summed E-state index contributed by atoms with van der Waals surface area (Å²) < 4.78 is 5.86. The summed E-state index contributed by atoms with van der Waals surface area (Å²) in [5.74, 6) is 0.875. The summed E-state index contributed by atoms with van der Waals surface area (Å²) in [5, 5.41) is 8.28. The van der Waals surface area contributed by atoms with E-state index in [1.165, 1.54) is 11.1 Å². The minimum absolute atomic E-state index is 0.373. The Hall–Kier alpha value is -1.69. The Bertz CT molecular complexity index is 695. The number of nitrogens with one attached hydrogen (secondary N) is 1. The Labute approximate surface area is 182 Å². The highest BCUT2D eigenvalue weighted by Crippen LogP contribution is 2.15. The summed E-state index contributed by atoms with van der Waals surface area (Å²) in [7, 11) is 0. The van der Waals surface area contributed by atoms with E-state index < -0.39 is 0 Å². The highest BCUT2D eigenvalue weighted by atomic mass is 32.1. The maximum Gasteiger partial charge on any atom is 0.119 e. The van der Waals surface area contributed by atoms with Gasteiger partial charge in [-0.1, -0.05) is 43.3 Å². The van der Waals surface area contributed by atoms with E-state index in [1.54, 1.807) is 0 Å². The molecule has 1 aromatic rings. The average molecular weight is 416 g/mol. The Morgan fingerprint density at radius 1 is 1.07 bits per heavy atom. The lowest BCUT2D eigenvalue weighted by Crippen LogP contribution is -2.38. The Balaban J connectivity index is 1.79. The SMILES string of the molecule is CCN1CC(NC(=S)c2ccc(OCC=C(C)CCC=C(C)C)cc2)CN1CC. The second-order valence-corrected chi connectivity index (χ2v) is 8.30. The van der Waals surface area contributed by atoms with Gasteiger partial charge in [0.1, 0.15) is 17.3 Å². The lowest BCUT2D eigenvalue weighted by molar-refractivity contribution is 0.0388. The van der Waals surface area contributed by atoms with E-state index in [0.29, 0.717) is 12.6 Å². The van der Waals surface area contributed by atoms with Gasteiger partial charge in [-0.15, -0.1) is 0 Å². The molecule has 0 unspecified atom stereocenters. The molecule has 1 aromatic carbocycles. The Morgan fingerprint density at radius 2 is 1.69 bits per heavy atom. The molecule has 1 N–H and O–H groups in total. The molecule has 0 spiro atoms. The van der Waals surface area contributed by atoms with Crippen molar-refractivity contribution in [2.24, 2.45) is 0 Å². The third-order valence-electron chi connectivity index (χ3n) is 5.22. The summed E-state index contributed by atoms with van der Waals surface area (Å²) in [4.78, 5) is 0.811. The highest BCUT2D eigenvalue weighted by molar-refractivity contribution is 7.80. The molecule has 0 aliphatic carbocycles. The van der Waals surface area contributed by atoms with Gasteiger partial charge in [0.05, 0.1) is 6.04 Å². The van der Waals surface area contributed by atoms with Gasteiger partial charge < -0.3 is 10.1 Å². The number of nitrogens with zero attached hydrogens (tertiary/aromatic N) is 2. The largest absolute Gasteiger partial charge is 0.490 e. The number of hydrazine groups is 1. The first kappa shape index (κ1) is 23.6. The predicted octanol–water partition coefficient (Wildman–Crippen LogP) is 4.96. The Morgan fingerprint density at radius 3 is 2.24 bits per heavy atom. The molecule has 0 aromatic heterocycles. The summed E-state index contributed by atoms with van der Waals surface area (Å²) >= 11 is 5.63. The monoisotopic (exact) mass is 415 g/mol. The van der Waals surface area contributed by atoms with Crippen LogP contribution in [0.15, 0.2) is 47.6 Å². The smallest absolute Gasteiger partial charge is 0.119 e. The minimum atomic E-state index is 0.373. The summed E-state index contributed by atoms with van der Waals surface area (Å²) in [5.41, 5.74) is 3.78. The Kier molecular flexibility index (Phi) is 9.85. The van der Waals surface area contributed by atoms with Crippen LogP contribution in [-0.2, 0) is 0 Å². The number of hydrogen-bond acceptors (Lipinski definition) is 4. The molecular formula is C24H37N3OS. The van der Waals surface area contributed by atoms with Crippen molar-refractivity contribution >= 4 is 17.2 Å². The highest BCUT2D eigenvalue weighted by Gasteiger charge is 2.28. The van der Waals surface area contributed by atoms with Crippen molar-refractivity contribution in [3.05, 3.63) is 53.1 Å². The van der Waals surface area contributed by atoms with Gasteiger partial charge in [-0.2, -0.15) is 0 Å². The fraction of sp³-hybridized carbons (Fsp3) is 0.542. The maximum atomic E-state index is 5.86. The third kappa shape index (κ3) is 7.92. The second kappa shape index (κ2) is 12.1. The summed E-state index contributed by atoms with van der Waals surface area (Å²) in [6, 6.07) is 8.46. The molecule has 2 rings (SSSR count). The zero-order valence-electron chi connectivity index (χ0n) is 18.7. The molecule has 5 heteroatoms. The van der Waals surface area contributed by atoms with Crippen LogP contribution in [0.2, 0.25) is 0 Å². The number of benzene rings is 1. The van der Waals surface area contributed by atoms with Crippen LogP contribution < -0.4 is 10.1 Å². The molecule has 0 radical (unpaired) electrons. The molecule has 0 saturated carbocycles. The van der Waals surface area contributed by atoms with E-state index in [1.807, 2.05) is 24.3 Å². The van der Waals surface area contributed by atoms with Gasteiger partial charge in [0, 0.05) is 31.7 Å². The van der Waals surface area contributed by atoms with E-state index in [9.17, 15) is 0 Å². The van der Waals surface area contributed by atoms with E-state index in [-0.39, 0.29) is 0 Å². The molecular weight excluding hydrogens is 378 g/mol. The molecule has 1 saturated heterocycles. The van der Waals surface area contributed by atoms with E-state index in [0.717, 1.165) is 55.3 Å². The lowest BCUT2D eigenvalue weighted by Gasteiger charge is -2.24. The predicted molar refractivity (Wildman–Crippen MR) is 127 cm³/mol. The first-order chi connectivity index (χ1) is 13.9. The molecule has 0 amide bonds. The number of hydrogen-bond donors (Lipinski definition) is 1. The van der Waals surface area contributed by atoms with Gasteiger partial charge in [0.2, 0.25) is 0 Å². The molecule has 1 aliphatic heterocycles. The van der Waals surface area contributed by atoms with Gasteiger partial charge in [-0.25, -0.2) is 10.0 Å². The fourth-order valence-electron chi connectivity index (χ4n) is 3.49. The van der Waals surface area contributed by atoms with Crippen LogP contribution in [0.4, 0.5) is 0 Å². The second-order valence-electron chi connectivity index (χ2n) is 7.89. The molecule has 1 aliphatic rings. The molecule has 4 nitrogen and oxygen atoms in total. The number of thiocarbonyl (C=S) groups is 1. The van der Waals surface area contributed by atoms with Crippen molar-refractivity contribution in [3.63, 3.8) is 0 Å². The van der Waals surface area contributed by atoms with E-state index in [2.05, 4.69) is 62.1 Å². The molecule has 29 heavy (non-hydrogen) atoms. The van der Waals surface area contributed by atoms with Gasteiger partial charge >= 0.3 is 0 Å². The summed E-state index contributed by atoms with van der Waals surface area (Å²) in [6.07, 6.45) is 6.62. The number of rotatable bonds is 10. The maximum absolute atomic E-state index is 5.86. The van der Waals surface area contributed by atoms with E-state index in [4.69, 9.17) is 17.0 Å². The van der Waals surface area contributed by atoms with Crippen molar-refractivity contribution in [2.45, 2.75) is 53.5 Å². The van der Waals surface area contributed by atoms with Crippen LogP contribution in [0.1, 0.15) is 53.0 Å². The minimum Gasteiger partial charge on any atom is -0.490 e. The first-order valence-corrected chi connectivity index (χ1v) is 11.2. The van der Waals surface area contributed by atoms with Gasteiger partial charge in [-0.3, -0.25) is 0 Å². The molecule has 160 valence electrons. The van der Waals surface area contributed by atoms with E-state index >= 15 is 0 Å². The average Bonchev–Trinajstić information content (AvgIpc) is 3.10. The van der Waals surface area contributed by atoms with Crippen LogP contribution in [0.5, 0.6) is 5.75 Å². The van der Waals surface area contributed by atoms with Crippen LogP contribution in [0.25, 0.3) is 0 Å². The van der Waals surface area contributed by atoms with Crippen molar-refractivity contribution in [1.82, 2.24) is 15.3 Å².